The number of aromatic amines is 1. The monoisotopic (exact) mass is 430 g/mol. The van der Waals surface area contributed by atoms with Gasteiger partial charge in [0.1, 0.15) is 0 Å². The summed E-state index contributed by atoms with van der Waals surface area (Å²) in [6.45, 7) is 9.29. The van der Waals surface area contributed by atoms with Gasteiger partial charge in [0.15, 0.2) is 0 Å². The number of nitrogens with zero attached hydrogens (tertiary/aromatic N) is 7. The van der Waals surface area contributed by atoms with Gasteiger partial charge in [0.2, 0.25) is 5.82 Å². The Hall–Kier alpha value is -3.26. The predicted molar refractivity (Wildman–Crippen MR) is 126 cm³/mol. The van der Waals surface area contributed by atoms with Crippen molar-refractivity contribution in [2.24, 2.45) is 13.0 Å². The van der Waals surface area contributed by atoms with Crippen LogP contribution in [0, 0.1) is 5.92 Å². The number of benzene rings is 2. The van der Waals surface area contributed by atoms with Crippen LogP contribution < -0.4 is 4.90 Å². The van der Waals surface area contributed by atoms with Crippen molar-refractivity contribution in [3.63, 3.8) is 0 Å². The van der Waals surface area contributed by atoms with Crippen molar-refractivity contribution in [2.45, 2.75) is 26.8 Å². The minimum atomic E-state index is 0.615. The van der Waals surface area contributed by atoms with Gasteiger partial charge in [0.05, 0.1) is 11.2 Å². The van der Waals surface area contributed by atoms with Crippen molar-refractivity contribution in [2.75, 3.05) is 31.1 Å². The summed E-state index contributed by atoms with van der Waals surface area (Å²) in [5.41, 5.74) is 5.93. The summed E-state index contributed by atoms with van der Waals surface area (Å²) < 4.78 is 1.98. The molecule has 3 heterocycles. The summed E-state index contributed by atoms with van der Waals surface area (Å²) in [5, 5.41) is 20.9. The lowest BCUT2D eigenvalue weighted by molar-refractivity contribution is 0.247. The van der Waals surface area contributed by atoms with Gasteiger partial charge in [-0.25, -0.2) is 0 Å². The average Bonchev–Trinajstić information content (AvgIpc) is 3.43. The topological polar surface area (TPSA) is 78.8 Å². The fourth-order valence-electron chi connectivity index (χ4n) is 4.67. The SMILES string of the molecule is CC(C)Cc1ccc(-c2nn[nH]n2)c(N2CCN(Cc3nn(C)c4ccccc34)CC2)c1. The predicted octanol–water partition coefficient (Wildman–Crippen LogP) is 3.27. The number of hydrogen-bond donors (Lipinski definition) is 1. The van der Waals surface area contributed by atoms with Crippen LogP contribution in [0.15, 0.2) is 42.5 Å². The van der Waals surface area contributed by atoms with Gasteiger partial charge in [-0.15, -0.1) is 10.2 Å². The molecule has 4 aromatic rings. The summed E-state index contributed by atoms with van der Waals surface area (Å²) in [7, 11) is 2.02. The van der Waals surface area contributed by atoms with E-state index in [2.05, 4.69) is 86.7 Å². The van der Waals surface area contributed by atoms with Crippen molar-refractivity contribution < 1.29 is 0 Å². The van der Waals surface area contributed by atoms with Crippen molar-refractivity contribution in [3.8, 4) is 11.4 Å². The second kappa shape index (κ2) is 8.70. The molecule has 0 amide bonds. The van der Waals surface area contributed by atoms with E-state index in [0.717, 1.165) is 50.4 Å². The Morgan fingerprint density at radius 3 is 2.59 bits per heavy atom. The van der Waals surface area contributed by atoms with Gasteiger partial charge in [-0.3, -0.25) is 9.58 Å². The van der Waals surface area contributed by atoms with E-state index >= 15 is 0 Å². The zero-order valence-electron chi connectivity index (χ0n) is 19.0. The molecule has 0 spiro atoms. The number of tetrazole rings is 1. The first-order valence-electron chi connectivity index (χ1n) is 11.3. The second-order valence-electron chi connectivity index (χ2n) is 9.04. The molecule has 0 radical (unpaired) electrons. The molecular formula is C24H30N8. The molecule has 1 aliphatic heterocycles. The molecule has 1 saturated heterocycles. The van der Waals surface area contributed by atoms with Gasteiger partial charge in [0.25, 0.3) is 0 Å². The first-order chi connectivity index (χ1) is 15.6. The lowest BCUT2D eigenvalue weighted by atomic mass is 9.99. The summed E-state index contributed by atoms with van der Waals surface area (Å²) in [4.78, 5) is 4.96. The molecule has 1 N–H and O–H groups in total. The van der Waals surface area contributed by atoms with Crippen LogP contribution >= 0.6 is 0 Å². The summed E-state index contributed by atoms with van der Waals surface area (Å²) >= 11 is 0. The highest BCUT2D eigenvalue weighted by atomic mass is 15.5. The Morgan fingerprint density at radius 2 is 1.84 bits per heavy atom. The number of rotatable bonds is 6. The Balaban J connectivity index is 1.34. The minimum absolute atomic E-state index is 0.615. The van der Waals surface area contributed by atoms with Gasteiger partial charge >= 0.3 is 0 Å². The molecule has 166 valence electrons. The molecule has 2 aromatic heterocycles. The standard InChI is InChI=1S/C24H30N8/c1-17(2)14-18-8-9-20(24-25-28-29-26-24)23(15-18)32-12-10-31(11-13-32)16-21-19-6-4-5-7-22(19)30(3)27-21/h4-9,15,17H,10-14,16H2,1-3H3,(H,25,26,28,29). The van der Waals surface area contributed by atoms with E-state index < -0.39 is 0 Å². The zero-order chi connectivity index (χ0) is 22.1. The van der Waals surface area contributed by atoms with Gasteiger partial charge in [-0.1, -0.05) is 38.1 Å². The van der Waals surface area contributed by atoms with E-state index in [9.17, 15) is 0 Å². The fraction of sp³-hybridized carbons (Fsp3) is 0.417. The van der Waals surface area contributed by atoms with Gasteiger partial charge in [-0.2, -0.15) is 10.3 Å². The van der Waals surface area contributed by atoms with Crippen LogP contribution in [0.4, 0.5) is 5.69 Å². The number of para-hydroxylation sites is 1. The molecule has 5 rings (SSSR count). The number of fused-ring (bicyclic) bond motifs is 1. The maximum absolute atomic E-state index is 4.78. The maximum atomic E-state index is 4.78. The lowest BCUT2D eigenvalue weighted by Gasteiger charge is -2.36. The van der Waals surface area contributed by atoms with Crippen LogP contribution in [0.25, 0.3) is 22.3 Å². The molecule has 0 saturated carbocycles. The smallest absolute Gasteiger partial charge is 0.206 e. The third-order valence-corrected chi connectivity index (χ3v) is 6.21. The van der Waals surface area contributed by atoms with Gasteiger partial charge in [-0.05, 0) is 41.3 Å². The molecule has 1 aliphatic rings. The molecule has 8 nitrogen and oxygen atoms in total. The van der Waals surface area contributed by atoms with Crippen LogP contribution in [0.1, 0.15) is 25.1 Å². The zero-order valence-corrected chi connectivity index (χ0v) is 19.0. The van der Waals surface area contributed by atoms with E-state index in [1.54, 1.807) is 0 Å². The number of hydrogen-bond acceptors (Lipinski definition) is 6. The summed E-state index contributed by atoms with van der Waals surface area (Å²) in [5.74, 6) is 1.27. The van der Waals surface area contributed by atoms with Crippen LogP contribution in [0.5, 0.6) is 0 Å². The van der Waals surface area contributed by atoms with E-state index in [0.29, 0.717) is 11.7 Å². The highest BCUT2D eigenvalue weighted by molar-refractivity contribution is 5.81. The first-order valence-corrected chi connectivity index (χ1v) is 11.3. The molecule has 0 aliphatic carbocycles. The van der Waals surface area contributed by atoms with Crippen LogP contribution in [0.2, 0.25) is 0 Å². The third-order valence-electron chi connectivity index (χ3n) is 6.21. The minimum Gasteiger partial charge on any atom is -0.368 e. The van der Waals surface area contributed by atoms with Crippen molar-refractivity contribution in [1.82, 2.24) is 35.3 Å². The number of H-pyrrole nitrogens is 1. The van der Waals surface area contributed by atoms with E-state index in [4.69, 9.17) is 5.10 Å². The van der Waals surface area contributed by atoms with Crippen molar-refractivity contribution in [1.29, 1.82) is 0 Å². The number of nitrogens with one attached hydrogen (secondary N) is 1. The van der Waals surface area contributed by atoms with E-state index in [1.807, 2.05) is 11.7 Å². The second-order valence-corrected chi connectivity index (χ2v) is 9.04. The quantitative estimate of drug-likeness (QED) is 0.506. The largest absolute Gasteiger partial charge is 0.368 e. The average molecular weight is 431 g/mol. The molecule has 0 unspecified atom stereocenters. The summed E-state index contributed by atoms with van der Waals surface area (Å²) in [6.07, 6.45) is 1.06. The number of aromatic nitrogens is 6. The maximum Gasteiger partial charge on any atom is 0.206 e. The number of anilines is 1. The fourth-order valence-corrected chi connectivity index (χ4v) is 4.67. The molecular weight excluding hydrogens is 400 g/mol. The van der Waals surface area contributed by atoms with Crippen molar-refractivity contribution in [3.05, 3.63) is 53.7 Å². The Kier molecular flexibility index (Phi) is 5.61. The van der Waals surface area contributed by atoms with Crippen molar-refractivity contribution >= 4 is 16.6 Å². The molecule has 0 atom stereocenters. The Morgan fingerprint density at radius 1 is 1.03 bits per heavy atom. The van der Waals surface area contributed by atoms with Crippen LogP contribution in [0.3, 0.4) is 0 Å². The molecule has 2 aromatic carbocycles. The number of aryl methyl sites for hydroxylation is 1. The Bertz CT molecular complexity index is 1190. The number of piperazine rings is 1. The highest BCUT2D eigenvalue weighted by Gasteiger charge is 2.23. The Labute approximate surface area is 188 Å². The van der Waals surface area contributed by atoms with Crippen LogP contribution in [-0.4, -0.2) is 61.5 Å². The highest BCUT2D eigenvalue weighted by Crippen LogP contribution is 2.31. The van der Waals surface area contributed by atoms with Crippen LogP contribution in [-0.2, 0) is 20.0 Å². The molecule has 8 heteroatoms. The van der Waals surface area contributed by atoms with Gasteiger partial charge in [0, 0.05) is 56.4 Å². The van der Waals surface area contributed by atoms with Gasteiger partial charge < -0.3 is 4.90 Å². The molecule has 32 heavy (non-hydrogen) atoms. The molecule has 0 bridgehead atoms. The van der Waals surface area contributed by atoms with E-state index in [1.165, 1.54) is 22.2 Å². The first kappa shape index (κ1) is 20.6. The lowest BCUT2D eigenvalue weighted by Crippen LogP contribution is -2.46. The normalized spacial score (nSPS) is 15.2. The third kappa shape index (κ3) is 4.10. The van der Waals surface area contributed by atoms with E-state index in [-0.39, 0.29) is 0 Å². The summed E-state index contributed by atoms with van der Waals surface area (Å²) in [6, 6.07) is 15.1. The molecule has 1 fully saturated rings.